The first-order valence-electron chi connectivity index (χ1n) is 23.3. The molecule has 0 spiro atoms. The summed E-state index contributed by atoms with van der Waals surface area (Å²) in [7, 11) is -0.406. The molecule has 8 aromatic rings. The summed E-state index contributed by atoms with van der Waals surface area (Å²) >= 11 is 5.92. The molecule has 5 aromatic carbocycles. The van der Waals surface area contributed by atoms with Crippen molar-refractivity contribution >= 4 is 80.4 Å². The maximum atomic E-state index is 14.7. The number of nitrogens with one attached hydrogen (secondary N) is 3. The molecule has 0 saturated heterocycles. The van der Waals surface area contributed by atoms with E-state index in [1.807, 2.05) is 50.1 Å². The van der Waals surface area contributed by atoms with Gasteiger partial charge in [-0.25, -0.2) is 36.3 Å². The van der Waals surface area contributed by atoms with Gasteiger partial charge in [0.05, 0.1) is 35.9 Å². The van der Waals surface area contributed by atoms with Crippen LogP contribution in [0.15, 0.2) is 126 Å². The number of halogens is 8. The number of benzene rings is 5. The molecule has 0 unspecified atom stereocenters. The van der Waals surface area contributed by atoms with Gasteiger partial charge in [0.25, 0.3) is 16.7 Å². The summed E-state index contributed by atoms with van der Waals surface area (Å²) in [6, 6.07) is 24.4. The van der Waals surface area contributed by atoms with Gasteiger partial charge in [-0.1, -0.05) is 96.7 Å². The third-order valence-corrected chi connectivity index (χ3v) is 13.3. The van der Waals surface area contributed by atoms with E-state index < -0.39 is 58.3 Å². The van der Waals surface area contributed by atoms with Crippen LogP contribution >= 0.6 is 67.8 Å². The van der Waals surface area contributed by atoms with Crippen LogP contribution in [0.5, 0.6) is 5.75 Å². The molecule has 15 nitrogen and oxygen atoms in total. The summed E-state index contributed by atoms with van der Waals surface area (Å²) in [5, 5.41) is 17.3. The van der Waals surface area contributed by atoms with E-state index in [9.17, 15) is 50.7 Å². The molecular weight excluding hydrogens is 1500 g/mol. The average Bonchev–Trinajstić information content (AvgIpc) is 3.40. The second-order valence-corrected chi connectivity index (χ2v) is 18.1. The number of ether oxygens (including phenoxy) is 1. The smallest absolute Gasteiger partial charge is 0.491 e. The Kier molecular flexibility index (Phi) is 36.7. The zero-order valence-electron chi connectivity index (χ0n) is 46.2. The zero-order valence-corrected chi connectivity index (χ0v) is 55.4. The second-order valence-electron chi connectivity index (χ2n) is 17.0. The number of aryl methyl sites for hydroxylation is 5. The van der Waals surface area contributed by atoms with Crippen LogP contribution < -0.4 is 43.9 Å². The van der Waals surface area contributed by atoms with E-state index in [-0.39, 0.29) is 111 Å². The van der Waals surface area contributed by atoms with Crippen molar-refractivity contribution in [1.82, 2.24) is 28.7 Å². The predicted octanol–water partition coefficient (Wildman–Crippen LogP) is 9.60. The van der Waals surface area contributed by atoms with Crippen LogP contribution in [-0.2, 0) is 56.7 Å². The Balaban J connectivity index is 0. The summed E-state index contributed by atoms with van der Waals surface area (Å²) in [5.74, 6) is -2.45. The number of hydrogen-bond acceptors (Lipinski definition) is 9. The van der Waals surface area contributed by atoms with Crippen molar-refractivity contribution in [3.05, 3.63) is 261 Å². The number of methoxy groups -OCH3 is 1. The Morgan fingerprint density at radius 3 is 1.35 bits per heavy atom. The van der Waals surface area contributed by atoms with Crippen LogP contribution in [-0.4, -0.2) is 57.9 Å². The molecule has 0 aliphatic rings. The van der Waals surface area contributed by atoms with Gasteiger partial charge in [-0.3, -0.25) is 48.0 Å². The summed E-state index contributed by atoms with van der Waals surface area (Å²) < 4.78 is 78.6. The van der Waals surface area contributed by atoms with E-state index >= 15 is 0 Å². The van der Waals surface area contributed by atoms with Crippen molar-refractivity contribution in [1.29, 1.82) is 0 Å². The van der Waals surface area contributed by atoms with Gasteiger partial charge in [0.2, 0.25) is 0 Å². The summed E-state index contributed by atoms with van der Waals surface area (Å²) in [5.41, 5.74) is 1.75. The van der Waals surface area contributed by atoms with Gasteiger partial charge in [0, 0.05) is 88.0 Å². The predicted molar refractivity (Wildman–Crippen MR) is 337 cm³/mol. The minimum absolute atomic E-state index is 0. The van der Waals surface area contributed by atoms with Gasteiger partial charge in [-0.15, -0.1) is 0 Å². The number of aromatic amines is 3. The normalized spacial score (nSPS) is 9.73. The van der Waals surface area contributed by atoms with Gasteiger partial charge in [0.1, 0.15) is 23.3 Å². The largest absolute Gasteiger partial charge is 0.494 e. The van der Waals surface area contributed by atoms with Crippen LogP contribution in [0, 0.1) is 93.5 Å². The quantitative estimate of drug-likeness (QED) is 0.0306. The molecule has 5 N–H and O–H groups in total. The fraction of sp³-hybridized carbons (Fsp3) is 0.228. The van der Waals surface area contributed by atoms with Gasteiger partial charge in [-0.05, 0) is 123 Å². The van der Waals surface area contributed by atoms with Crippen molar-refractivity contribution < 1.29 is 73.8 Å². The van der Waals surface area contributed by atoms with Crippen LogP contribution in [0.1, 0.15) is 63.5 Å². The molecule has 0 saturated carbocycles. The standard InChI is InChI=1S/C20H18F2N2O3.C13H12FIN2O2.C13H13FN2O2.C7H8BFO2.CH3I.CH2I.CH4.CH3.2V/c1-11-6-4-8-15(21)14(11)10-24-12(2)17(19(25)23-20(24)26)13-7-5-9-16(27-3)18(13)22;1-7-4-3-5-10(14)9(7)6-17-8(2)11(15)12(18)16-13(17)19;1-8-4-3-5-11(14)10(8)7-16-9(2)6-12(17)15-13(16)18;1-5-3-2-4-6(7(5)9)8(10)11;2*1-2;;;;/h4-9H,10H2,1-3H3,(H,23,25,26);3-5H,6H2,1-2H3,(H,16,18,19);3-6H,7H2,1-2H3,(H,15,17,18);2-4,10-11H,1H3;1H3;1H2;1H4;1H3;;/q;;;;;-1;;-1;;. The Labute approximate surface area is 542 Å². The Morgan fingerprint density at radius 2 is 0.940 bits per heavy atom. The summed E-state index contributed by atoms with van der Waals surface area (Å²) in [6.07, 6.45) is 0. The van der Waals surface area contributed by atoms with Gasteiger partial charge in [-0.2, -0.15) is 0 Å². The van der Waals surface area contributed by atoms with Gasteiger partial charge in [0.15, 0.2) is 11.6 Å². The van der Waals surface area contributed by atoms with Gasteiger partial charge >= 0.3 is 24.2 Å². The van der Waals surface area contributed by atoms with E-state index in [4.69, 9.17) is 14.8 Å². The van der Waals surface area contributed by atoms with Gasteiger partial charge < -0.3 is 44.8 Å². The van der Waals surface area contributed by atoms with Crippen LogP contribution in [0.2, 0.25) is 0 Å². The molecule has 3 aromatic heterocycles. The minimum atomic E-state index is -1.73. The third-order valence-electron chi connectivity index (χ3n) is 12.0. The minimum Gasteiger partial charge on any atom is -0.494 e. The topological polar surface area (TPSA) is 214 Å². The van der Waals surface area contributed by atoms with Crippen molar-refractivity contribution in [3.63, 3.8) is 0 Å². The Hall–Kier alpha value is -5.07. The SMILES string of the molecule is C.CI.COc1cccc(-c2c(C)n(Cc3c(C)cccc3F)c(=O)[nH]c2=O)c1F.Cc1cccc(B(O)O)c1F.Cc1cccc(F)c1Cn1c(C)c(I)c(=O)[nH]c1=O.Cc1cccc(F)c1Cn1c(C)cc(=O)[nH]c1=O.[CH2-]I.[CH3-].[V].[V]. The van der Waals surface area contributed by atoms with Crippen LogP contribution in [0.3, 0.4) is 0 Å². The molecule has 0 atom stereocenters. The maximum Gasteiger partial charge on any atom is 0.491 e. The second kappa shape index (κ2) is 38.1. The monoisotopic (exact) mass is 1560 g/mol. The molecule has 446 valence electrons. The number of alkyl halides is 1. The number of H-pyrrole nitrogens is 3. The maximum absolute atomic E-state index is 14.7. The molecule has 2 radical (unpaired) electrons. The summed E-state index contributed by atoms with van der Waals surface area (Å²) in [4.78, 5) is 82.6. The number of rotatable bonds is 9. The van der Waals surface area contributed by atoms with E-state index in [0.717, 1.165) is 11.1 Å². The first-order chi connectivity index (χ1) is 37.4. The first-order valence-corrected chi connectivity index (χ1v) is 28.1. The molecule has 26 heteroatoms. The van der Waals surface area contributed by atoms with Crippen molar-refractivity contribution in [2.45, 2.75) is 75.5 Å². The molecule has 3 heterocycles. The van der Waals surface area contributed by atoms with Crippen molar-refractivity contribution in [2.24, 2.45) is 0 Å². The van der Waals surface area contributed by atoms with Crippen LogP contribution in [0.25, 0.3) is 11.1 Å². The number of nitrogens with zero attached hydrogens (tertiary/aromatic N) is 3. The van der Waals surface area contributed by atoms with E-state index in [1.54, 1.807) is 96.1 Å². The Morgan fingerprint density at radius 1 is 0.554 bits per heavy atom. The van der Waals surface area contributed by atoms with Crippen LogP contribution in [0.4, 0.5) is 22.0 Å². The first kappa shape index (κ1) is 80.0. The van der Waals surface area contributed by atoms with Crippen molar-refractivity contribution in [3.8, 4) is 16.9 Å². The molecule has 0 aliphatic carbocycles. The molecule has 8 rings (SSSR count). The molecule has 0 aliphatic heterocycles. The average molecular weight is 1560 g/mol. The third kappa shape index (κ3) is 21.1. The molecule has 0 bridgehead atoms. The van der Waals surface area contributed by atoms with E-state index in [0.29, 0.717) is 42.8 Å². The summed E-state index contributed by atoms with van der Waals surface area (Å²) in [6.45, 7) is 11.9. The van der Waals surface area contributed by atoms with E-state index in [2.05, 4.69) is 42.5 Å². The number of hydrogen-bond donors (Lipinski definition) is 5. The fourth-order valence-electron chi connectivity index (χ4n) is 7.67. The zero-order chi connectivity index (χ0) is 59.6. The molecule has 83 heavy (non-hydrogen) atoms. The number of aromatic nitrogens is 6. The molecule has 0 amide bonds. The van der Waals surface area contributed by atoms with E-state index in [1.165, 1.54) is 70.2 Å². The van der Waals surface area contributed by atoms with Crippen molar-refractivity contribution in [2.75, 3.05) is 12.0 Å². The molecular formula is C57H63BF5I3N6O9V2-2. The Bertz CT molecular complexity index is 3740. The molecule has 0 fully saturated rings. The fourth-order valence-corrected chi connectivity index (χ4v) is 8.10.